The topological polar surface area (TPSA) is 38.7 Å². The van der Waals surface area contributed by atoms with Gasteiger partial charge in [-0.15, -0.1) is 0 Å². The molecule has 1 aliphatic heterocycles. The Morgan fingerprint density at radius 1 is 1.14 bits per heavy atom. The van der Waals surface area contributed by atoms with Gasteiger partial charge in [-0.05, 0) is 42.8 Å². The molecule has 0 saturated carbocycles. The third-order valence-electron chi connectivity index (χ3n) is 3.06. The average molecular weight is 342 g/mol. The lowest BCUT2D eigenvalue weighted by Gasteiger charge is -1.99. The summed E-state index contributed by atoms with van der Waals surface area (Å²) in [5, 5.41) is 0. The molecule has 0 aliphatic carbocycles. The fourth-order valence-electron chi connectivity index (χ4n) is 2.03. The average Bonchev–Trinajstić information content (AvgIpc) is 2.83. The van der Waals surface area contributed by atoms with Crippen molar-refractivity contribution in [1.82, 2.24) is 0 Å². The minimum absolute atomic E-state index is 0.314. The van der Waals surface area contributed by atoms with Crippen LogP contribution in [0.15, 0.2) is 63.7 Å². The molecule has 1 heterocycles. The third kappa shape index (κ3) is 3.11. The van der Waals surface area contributed by atoms with Gasteiger partial charge in [-0.1, -0.05) is 45.8 Å². The van der Waals surface area contributed by atoms with Crippen molar-refractivity contribution in [2.24, 2.45) is 4.99 Å². The minimum atomic E-state index is -0.422. The smallest absolute Gasteiger partial charge is 0.363 e. The number of rotatable bonds is 2. The van der Waals surface area contributed by atoms with Crippen LogP contribution in [0.5, 0.6) is 0 Å². The van der Waals surface area contributed by atoms with Crippen LogP contribution >= 0.6 is 15.9 Å². The van der Waals surface area contributed by atoms with E-state index in [2.05, 4.69) is 20.9 Å². The van der Waals surface area contributed by atoms with E-state index >= 15 is 0 Å². The quantitative estimate of drug-likeness (QED) is 0.609. The molecule has 3 rings (SSSR count). The number of ether oxygens (including phenoxy) is 1. The van der Waals surface area contributed by atoms with Gasteiger partial charge in [-0.25, -0.2) is 9.79 Å². The number of aryl methyl sites for hydroxylation is 1. The molecular formula is C17H12BrNO2. The fraction of sp³-hybridized carbons (Fsp3) is 0.0588. The fourth-order valence-corrected chi connectivity index (χ4v) is 2.29. The number of carbonyl (C=O) groups excluding carboxylic acids is 1. The number of benzene rings is 2. The molecule has 0 bridgehead atoms. The van der Waals surface area contributed by atoms with Crippen LogP contribution in [0.2, 0.25) is 0 Å². The molecule has 0 atom stereocenters. The van der Waals surface area contributed by atoms with Crippen molar-refractivity contribution in [3.05, 3.63) is 75.4 Å². The number of cyclic esters (lactones) is 1. The van der Waals surface area contributed by atoms with Crippen molar-refractivity contribution < 1.29 is 9.53 Å². The number of carbonyl (C=O) groups is 1. The van der Waals surface area contributed by atoms with E-state index in [9.17, 15) is 4.79 Å². The second-order valence-corrected chi connectivity index (χ2v) is 5.67. The molecule has 0 radical (unpaired) electrons. The summed E-state index contributed by atoms with van der Waals surface area (Å²) in [4.78, 5) is 16.2. The molecule has 2 aromatic carbocycles. The highest BCUT2D eigenvalue weighted by Gasteiger charge is 2.24. The highest BCUT2D eigenvalue weighted by atomic mass is 79.9. The summed E-state index contributed by atoms with van der Waals surface area (Å²) in [6.07, 6.45) is 1.72. The van der Waals surface area contributed by atoms with Gasteiger partial charge in [0.2, 0.25) is 5.90 Å². The van der Waals surface area contributed by atoms with E-state index < -0.39 is 5.97 Å². The van der Waals surface area contributed by atoms with Crippen LogP contribution in [-0.2, 0) is 9.53 Å². The van der Waals surface area contributed by atoms with Crippen LogP contribution in [0.4, 0.5) is 0 Å². The summed E-state index contributed by atoms with van der Waals surface area (Å²) in [5.74, 6) is -0.0681. The molecule has 3 nitrogen and oxygen atoms in total. The van der Waals surface area contributed by atoms with Crippen molar-refractivity contribution in [3.63, 3.8) is 0 Å². The summed E-state index contributed by atoms with van der Waals surface area (Å²) in [6.45, 7) is 1.99. The second kappa shape index (κ2) is 5.66. The largest absolute Gasteiger partial charge is 0.402 e. The van der Waals surface area contributed by atoms with Gasteiger partial charge in [-0.2, -0.15) is 0 Å². The summed E-state index contributed by atoms with van der Waals surface area (Å²) < 4.78 is 6.23. The predicted molar refractivity (Wildman–Crippen MR) is 85.9 cm³/mol. The van der Waals surface area contributed by atoms with Gasteiger partial charge in [0.15, 0.2) is 5.70 Å². The Hall–Kier alpha value is -2.20. The first-order chi connectivity index (χ1) is 10.1. The van der Waals surface area contributed by atoms with Crippen molar-refractivity contribution >= 4 is 33.9 Å². The van der Waals surface area contributed by atoms with Crippen LogP contribution in [0.1, 0.15) is 16.7 Å². The first kappa shape index (κ1) is 13.8. The maximum absolute atomic E-state index is 11.9. The van der Waals surface area contributed by atoms with Gasteiger partial charge in [0.25, 0.3) is 0 Å². The Morgan fingerprint density at radius 2 is 1.90 bits per heavy atom. The van der Waals surface area contributed by atoms with Crippen LogP contribution in [0.25, 0.3) is 6.08 Å². The van der Waals surface area contributed by atoms with Gasteiger partial charge < -0.3 is 4.74 Å². The Bertz CT molecular complexity index is 761. The van der Waals surface area contributed by atoms with E-state index in [0.717, 1.165) is 21.2 Å². The SMILES string of the molecule is Cc1cccc(C2=N/C(=C\c3ccc(Br)cc3)C(=O)O2)c1. The van der Waals surface area contributed by atoms with Gasteiger partial charge in [0, 0.05) is 10.0 Å². The lowest BCUT2D eigenvalue weighted by Crippen LogP contribution is -2.05. The minimum Gasteiger partial charge on any atom is -0.402 e. The molecule has 0 N–H and O–H groups in total. The third-order valence-corrected chi connectivity index (χ3v) is 3.59. The molecule has 0 saturated heterocycles. The van der Waals surface area contributed by atoms with Crippen LogP contribution in [0, 0.1) is 6.92 Å². The lowest BCUT2D eigenvalue weighted by molar-refractivity contribution is -0.129. The van der Waals surface area contributed by atoms with Crippen LogP contribution < -0.4 is 0 Å². The molecule has 0 unspecified atom stereocenters. The van der Waals surface area contributed by atoms with Crippen LogP contribution in [-0.4, -0.2) is 11.9 Å². The predicted octanol–water partition coefficient (Wildman–Crippen LogP) is 4.10. The summed E-state index contributed by atoms with van der Waals surface area (Å²) in [5.41, 5.74) is 3.12. The van der Waals surface area contributed by atoms with E-state index in [1.807, 2.05) is 55.5 Å². The molecule has 4 heteroatoms. The molecule has 0 amide bonds. The summed E-state index contributed by atoms with van der Waals surface area (Å²) >= 11 is 3.38. The van der Waals surface area contributed by atoms with Gasteiger partial charge >= 0.3 is 5.97 Å². The molecule has 2 aromatic rings. The number of aliphatic imine (C=N–C) groups is 1. The summed E-state index contributed by atoms with van der Waals surface area (Å²) in [6, 6.07) is 15.4. The number of nitrogens with zero attached hydrogens (tertiary/aromatic N) is 1. The first-order valence-corrected chi connectivity index (χ1v) is 7.26. The van der Waals surface area contributed by atoms with Crippen molar-refractivity contribution in [1.29, 1.82) is 0 Å². The molecule has 0 fully saturated rings. The molecule has 104 valence electrons. The Balaban J connectivity index is 1.93. The Morgan fingerprint density at radius 3 is 2.62 bits per heavy atom. The van der Waals surface area contributed by atoms with E-state index in [-0.39, 0.29) is 0 Å². The van der Waals surface area contributed by atoms with Gasteiger partial charge in [0.05, 0.1) is 0 Å². The Kier molecular flexibility index (Phi) is 3.71. The van der Waals surface area contributed by atoms with E-state index in [1.165, 1.54) is 0 Å². The van der Waals surface area contributed by atoms with E-state index in [4.69, 9.17) is 4.74 Å². The summed E-state index contributed by atoms with van der Waals surface area (Å²) in [7, 11) is 0. The standard InChI is InChI=1S/C17H12BrNO2/c1-11-3-2-4-13(9-11)16-19-15(17(20)21-16)10-12-5-7-14(18)8-6-12/h2-10H,1H3/b15-10-. The molecule has 1 aliphatic rings. The van der Waals surface area contributed by atoms with Crippen molar-refractivity contribution in [2.75, 3.05) is 0 Å². The normalized spacial score (nSPS) is 16.0. The van der Waals surface area contributed by atoms with Crippen LogP contribution in [0.3, 0.4) is 0 Å². The second-order valence-electron chi connectivity index (χ2n) is 4.76. The zero-order chi connectivity index (χ0) is 14.8. The molecule has 0 spiro atoms. The monoisotopic (exact) mass is 341 g/mol. The number of hydrogen-bond acceptors (Lipinski definition) is 3. The number of esters is 1. The molecule has 21 heavy (non-hydrogen) atoms. The van der Waals surface area contributed by atoms with Crippen molar-refractivity contribution in [3.8, 4) is 0 Å². The Labute approximate surface area is 131 Å². The number of hydrogen-bond donors (Lipinski definition) is 0. The lowest BCUT2D eigenvalue weighted by atomic mass is 10.1. The molecular weight excluding hydrogens is 330 g/mol. The maximum Gasteiger partial charge on any atom is 0.363 e. The molecule has 0 aromatic heterocycles. The van der Waals surface area contributed by atoms with Gasteiger partial charge in [-0.3, -0.25) is 0 Å². The van der Waals surface area contributed by atoms with Crippen molar-refractivity contribution in [2.45, 2.75) is 6.92 Å². The zero-order valence-electron chi connectivity index (χ0n) is 11.3. The maximum atomic E-state index is 11.9. The van der Waals surface area contributed by atoms with E-state index in [1.54, 1.807) is 6.08 Å². The highest BCUT2D eigenvalue weighted by molar-refractivity contribution is 9.10. The van der Waals surface area contributed by atoms with Gasteiger partial charge in [0.1, 0.15) is 0 Å². The number of halogens is 1. The van der Waals surface area contributed by atoms with E-state index in [0.29, 0.717) is 11.6 Å². The first-order valence-electron chi connectivity index (χ1n) is 6.47. The highest BCUT2D eigenvalue weighted by Crippen LogP contribution is 2.20. The zero-order valence-corrected chi connectivity index (χ0v) is 12.9.